The van der Waals surface area contributed by atoms with Gasteiger partial charge in [0.2, 0.25) is 5.91 Å². The van der Waals surface area contributed by atoms with Gasteiger partial charge in [0, 0.05) is 11.3 Å². The highest BCUT2D eigenvalue weighted by Gasteiger charge is 2.19. The summed E-state index contributed by atoms with van der Waals surface area (Å²) in [6.45, 7) is 3.99. The van der Waals surface area contributed by atoms with Gasteiger partial charge in [0.15, 0.2) is 0 Å². The number of rotatable bonds is 6. The van der Waals surface area contributed by atoms with Gasteiger partial charge in [-0.05, 0) is 48.7 Å². The van der Waals surface area contributed by atoms with E-state index in [0.29, 0.717) is 5.56 Å². The maximum Gasteiger partial charge on any atom is 0.251 e. The zero-order valence-electron chi connectivity index (χ0n) is 16.1. The Morgan fingerprint density at radius 1 is 0.821 bits per heavy atom. The third-order valence-electron chi connectivity index (χ3n) is 4.81. The van der Waals surface area contributed by atoms with Gasteiger partial charge in [-0.25, -0.2) is 0 Å². The lowest BCUT2D eigenvalue weighted by molar-refractivity contribution is -0.116. The molecule has 0 bridgehead atoms. The summed E-state index contributed by atoms with van der Waals surface area (Å²) in [5.74, 6) is -0.343. The Balaban J connectivity index is 1.76. The van der Waals surface area contributed by atoms with Gasteiger partial charge in [0.05, 0.1) is 12.5 Å². The molecule has 3 aromatic carbocycles. The Morgan fingerprint density at radius 2 is 1.46 bits per heavy atom. The Bertz CT molecular complexity index is 953. The monoisotopic (exact) mass is 372 g/mol. The predicted molar refractivity (Wildman–Crippen MR) is 112 cm³/mol. The van der Waals surface area contributed by atoms with Crippen LogP contribution in [0, 0.1) is 13.8 Å². The molecule has 0 spiro atoms. The minimum atomic E-state index is -0.418. The van der Waals surface area contributed by atoms with E-state index in [2.05, 4.69) is 10.6 Å². The minimum absolute atomic E-state index is 0.143. The number of carbonyl (C=O) groups is 2. The van der Waals surface area contributed by atoms with Crippen LogP contribution in [0.2, 0.25) is 0 Å². The summed E-state index contributed by atoms with van der Waals surface area (Å²) in [5.41, 5.74) is 4.42. The van der Waals surface area contributed by atoms with Crippen molar-refractivity contribution >= 4 is 17.5 Å². The lowest BCUT2D eigenvalue weighted by Gasteiger charge is -2.20. The molecule has 0 aliphatic rings. The molecule has 0 saturated heterocycles. The van der Waals surface area contributed by atoms with Gasteiger partial charge in [-0.1, -0.05) is 60.7 Å². The molecule has 0 heterocycles. The van der Waals surface area contributed by atoms with E-state index in [-0.39, 0.29) is 18.2 Å². The number of carbonyl (C=O) groups excluding carboxylic acids is 2. The van der Waals surface area contributed by atoms with Crippen molar-refractivity contribution in [2.75, 3.05) is 5.32 Å². The first kappa shape index (κ1) is 19.4. The second kappa shape index (κ2) is 9.00. The van der Waals surface area contributed by atoms with Crippen LogP contribution in [0.1, 0.15) is 39.5 Å². The zero-order valence-corrected chi connectivity index (χ0v) is 16.1. The molecule has 142 valence electrons. The second-order valence-corrected chi connectivity index (χ2v) is 6.80. The quantitative estimate of drug-likeness (QED) is 0.653. The highest BCUT2D eigenvalue weighted by atomic mass is 16.2. The van der Waals surface area contributed by atoms with Crippen molar-refractivity contribution in [2.45, 2.75) is 26.3 Å². The largest absolute Gasteiger partial charge is 0.345 e. The fourth-order valence-electron chi connectivity index (χ4n) is 3.04. The molecule has 0 saturated carbocycles. The molecule has 28 heavy (non-hydrogen) atoms. The average Bonchev–Trinajstić information content (AvgIpc) is 2.72. The van der Waals surface area contributed by atoms with Crippen molar-refractivity contribution < 1.29 is 9.59 Å². The van der Waals surface area contributed by atoms with Gasteiger partial charge in [-0.2, -0.15) is 0 Å². The molecule has 0 aliphatic carbocycles. The summed E-state index contributed by atoms with van der Waals surface area (Å²) >= 11 is 0. The van der Waals surface area contributed by atoms with Gasteiger partial charge in [0.25, 0.3) is 5.91 Å². The maximum atomic E-state index is 12.7. The van der Waals surface area contributed by atoms with Crippen molar-refractivity contribution in [2.24, 2.45) is 0 Å². The summed E-state index contributed by atoms with van der Waals surface area (Å²) in [5, 5.41) is 5.97. The number of hydrogen-bond donors (Lipinski definition) is 2. The van der Waals surface area contributed by atoms with E-state index in [0.717, 1.165) is 22.4 Å². The van der Waals surface area contributed by atoms with Gasteiger partial charge >= 0.3 is 0 Å². The number of anilines is 1. The Morgan fingerprint density at radius 3 is 2.14 bits per heavy atom. The summed E-state index contributed by atoms with van der Waals surface area (Å²) < 4.78 is 0. The molecule has 3 rings (SSSR count). The van der Waals surface area contributed by atoms with Crippen LogP contribution >= 0.6 is 0 Å². The Kier molecular flexibility index (Phi) is 6.22. The first-order valence-electron chi connectivity index (χ1n) is 9.31. The summed E-state index contributed by atoms with van der Waals surface area (Å²) in [6, 6.07) is 24.0. The van der Waals surface area contributed by atoms with E-state index in [1.54, 1.807) is 12.1 Å². The number of aryl methyl sites for hydroxylation is 1. The lowest BCUT2D eigenvalue weighted by Crippen LogP contribution is -2.31. The van der Waals surface area contributed by atoms with Crippen LogP contribution in [0.5, 0.6) is 0 Å². The van der Waals surface area contributed by atoms with Crippen molar-refractivity contribution in [1.29, 1.82) is 0 Å². The predicted octanol–water partition coefficient (Wildman–Crippen LogP) is 4.80. The number of amides is 2. The van der Waals surface area contributed by atoms with E-state index >= 15 is 0 Å². The van der Waals surface area contributed by atoms with Gasteiger partial charge in [0.1, 0.15) is 0 Å². The average molecular weight is 372 g/mol. The molecule has 2 N–H and O–H groups in total. The third-order valence-corrected chi connectivity index (χ3v) is 4.81. The molecule has 2 amide bonds. The molecular weight excluding hydrogens is 348 g/mol. The molecule has 4 heteroatoms. The van der Waals surface area contributed by atoms with E-state index in [4.69, 9.17) is 0 Å². The van der Waals surface area contributed by atoms with Crippen molar-refractivity contribution in [3.8, 4) is 0 Å². The third kappa shape index (κ3) is 4.86. The fourth-order valence-corrected chi connectivity index (χ4v) is 3.04. The highest BCUT2D eigenvalue weighted by Crippen LogP contribution is 2.21. The van der Waals surface area contributed by atoms with Crippen LogP contribution < -0.4 is 10.6 Å². The fraction of sp³-hybridized carbons (Fsp3) is 0.167. The smallest absolute Gasteiger partial charge is 0.251 e. The molecule has 1 unspecified atom stereocenters. The van der Waals surface area contributed by atoms with Gasteiger partial charge < -0.3 is 10.6 Å². The molecule has 0 fully saturated rings. The Labute approximate surface area is 165 Å². The lowest BCUT2D eigenvalue weighted by atomic mass is 10.0. The zero-order chi connectivity index (χ0) is 19.9. The first-order chi connectivity index (χ1) is 13.5. The molecule has 4 nitrogen and oxygen atoms in total. The number of benzene rings is 3. The second-order valence-electron chi connectivity index (χ2n) is 6.80. The summed E-state index contributed by atoms with van der Waals surface area (Å²) in [4.78, 5) is 25.3. The van der Waals surface area contributed by atoms with Crippen LogP contribution in [-0.4, -0.2) is 11.8 Å². The SMILES string of the molecule is Cc1cccc(NC(=O)CC(NC(=O)c2ccccc2)c2ccccc2)c1C. The summed E-state index contributed by atoms with van der Waals surface area (Å²) in [6.07, 6.45) is 0.149. The normalized spacial score (nSPS) is 11.5. The molecule has 3 aromatic rings. The van der Waals surface area contributed by atoms with Crippen LogP contribution in [0.25, 0.3) is 0 Å². The molecule has 0 aliphatic heterocycles. The summed E-state index contributed by atoms with van der Waals surface area (Å²) in [7, 11) is 0. The number of hydrogen-bond acceptors (Lipinski definition) is 2. The standard InChI is InChI=1S/C24H24N2O2/c1-17-10-9-15-21(18(17)2)25-23(27)16-22(19-11-5-3-6-12-19)26-24(28)20-13-7-4-8-14-20/h3-15,22H,16H2,1-2H3,(H,25,27)(H,26,28). The van der Waals surface area contributed by atoms with Crippen LogP contribution in [-0.2, 0) is 4.79 Å². The van der Waals surface area contributed by atoms with Crippen molar-refractivity contribution in [3.63, 3.8) is 0 Å². The van der Waals surface area contributed by atoms with Crippen molar-refractivity contribution in [3.05, 3.63) is 101 Å². The topological polar surface area (TPSA) is 58.2 Å². The molecular formula is C24H24N2O2. The molecule has 0 radical (unpaired) electrons. The number of nitrogens with one attached hydrogen (secondary N) is 2. The van der Waals surface area contributed by atoms with E-state index < -0.39 is 6.04 Å². The minimum Gasteiger partial charge on any atom is -0.345 e. The maximum absolute atomic E-state index is 12.7. The van der Waals surface area contributed by atoms with Crippen LogP contribution in [0.3, 0.4) is 0 Å². The highest BCUT2D eigenvalue weighted by molar-refractivity contribution is 5.96. The van der Waals surface area contributed by atoms with Gasteiger partial charge in [-0.3, -0.25) is 9.59 Å². The van der Waals surface area contributed by atoms with E-state index in [1.165, 1.54) is 0 Å². The Hall–Kier alpha value is -3.40. The van der Waals surface area contributed by atoms with Crippen LogP contribution in [0.4, 0.5) is 5.69 Å². The van der Waals surface area contributed by atoms with Gasteiger partial charge in [-0.15, -0.1) is 0 Å². The van der Waals surface area contributed by atoms with Crippen LogP contribution in [0.15, 0.2) is 78.9 Å². The first-order valence-corrected chi connectivity index (χ1v) is 9.31. The van der Waals surface area contributed by atoms with E-state index in [9.17, 15) is 9.59 Å². The molecule has 0 aromatic heterocycles. The van der Waals surface area contributed by atoms with Crippen molar-refractivity contribution in [1.82, 2.24) is 5.32 Å². The van der Waals surface area contributed by atoms with E-state index in [1.807, 2.05) is 80.6 Å². The molecule has 1 atom stereocenters.